The number of rotatable bonds is 9. The van der Waals surface area contributed by atoms with E-state index in [1.54, 1.807) is 91.9 Å². The molecule has 42 heavy (non-hydrogen) atoms. The maximum absolute atomic E-state index is 13.3. The molecule has 0 fully saturated rings. The fourth-order valence-corrected chi connectivity index (χ4v) is 4.76. The summed E-state index contributed by atoms with van der Waals surface area (Å²) < 4.78 is 39.9. The van der Waals surface area contributed by atoms with Gasteiger partial charge in [0.1, 0.15) is 5.70 Å². The molecule has 0 bridgehead atoms. The zero-order chi connectivity index (χ0) is 30.1. The molecule has 4 aromatic carbocycles. The highest BCUT2D eigenvalue weighted by atomic mass is 32.2. The second-order valence-electron chi connectivity index (χ2n) is 9.06. The topological polar surface area (TPSA) is 87.3 Å². The van der Waals surface area contributed by atoms with Crippen molar-refractivity contribution < 1.29 is 27.6 Å². The molecule has 10 heteroatoms. The minimum Gasteiger partial charge on any atom is -0.325 e. The Morgan fingerprint density at radius 1 is 0.786 bits per heavy atom. The lowest BCUT2D eigenvalue weighted by Gasteiger charge is -2.16. The van der Waals surface area contributed by atoms with Crippen molar-refractivity contribution in [3.63, 3.8) is 0 Å². The first-order chi connectivity index (χ1) is 20.1. The maximum Gasteiger partial charge on any atom is 0.418 e. The van der Waals surface area contributed by atoms with E-state index in [1.165, 1.54) is 18.2 Å². The highest BCUT2D eigenvalue weighted by Crippen LogP contribution is 2.35. The number of para-hydroxylation sites is 1. The van der Waals surface area contributed by atoms with E-state index >= 15 is 0 Å². The first-order valence-electron chi connectivity index (χ1n) is 12.8. The second kappa shape index (κ2) is 13.7. The van der Waals surface area contributed by atoms with Crippen LogP contribution < -0.4 is 16.0 Å². The Bertz CT molecular complexity index is 1590. The van der Waals surface area contributed by atoms with Crippen molar-refractivity contribution in [2.45, 2.75) is 23.2 Å². The number of benzene rings is 4. The first kappa shape index (κ1) is 30.1. The van der Waals surface area contributed by atoms with Crippen LogP contribution >= 0.6 is 11.8 Å². The van der Waals surface area contributed by atoms with Crippen molar-refractivity contribution in [1.82, 2.24) is 5.32 Å². The predicted octanol–water partition coefficient (Wildman–Crippen LogP) is 7.23. The van der Waals surface area contributed by atoms with Crippen LogP contribution in [0.4, 0.5) is 24.5 Å². The lowest BCUT2D eigenvalue weighted by molar-refractivity contribution is -0.137. The van der Waals surface area contributed by atoms with Gasteiger partial charge in [-0.1, -0.05) is 66.7 Å². The predicted molar refractivity (Wildman–Crippen MR) is 159 cm³/mol. The summed E-state index contributed by atoms with van der Waals surface area (Å²) in [5, 5.41) is 7.04. The van der Waals surface area contributed by atoms with Crippen LogP contribution in [-0.4, -0.2) is 23.0 Å². The van der Waals surface area contributed by atoms with Crippen LogP contribution in [0.15, 0.2) is 120 Å². The molecule has 0 heterocycles. The molecule has 3 amide bonds. The monoisotopic (exact) mass is 589 g/mol. The number of nitrogens with one attached hydrogen (secondary N) is 3. The minimum atomic E-state index is -4.61. The average Bonchev–Trinajstić information content (AvgIpc) is 2.97. The molecule has 3 N–H and O–H groups in total. The van der Waals surface area contributed by atoms with Gasteiger partial charge in [0, 0.05) is 16.1 Å². The minimum absolute atomic E-state index is 0.0178. The quantitative estimate of drug-likeness (QED) is 0.142. The number of halogens is 3. The largest absolute Gasteiger partial charge is 0.418 e. The third kappa shape index (κ3) is 8.34. The molecule has 1 unspecified atom stereocenters. The number of alkyl halides is 3. The van der Waals surface area contributed by atoms with Gasteiger partial charge in [0.25, 0.3) is 11.8 Å². The number of carbonyl (C=O) groups is 3. The van der Waals surface area contributed by atoms with Crippen molar-refractivity contribution >= 4 is 46.9 Å². The summed E-state index contributed by atoms with van der Waals surface area (Å²) in [7, 11) is 0. The van der Waals surface area contributed by atoms with Crippen molar-refractivity contribution in [2.24, 2.45) is 0 Å². The molecule has 4 aromatic rings. The van der Waals surface area contributed by atoms with E-state index in [-0.39, 0.29) is 11.4 Å². The first-order valence-corrected chi connectivity index (χ1v) is 13.7. The smallest absolute Gasteiger partial charge is 0.325 e. The third-order valence-electron chi connectivity index (χ3n) is 5.90. The Morgan fingerprint density at radius 3 is 2.12 bits per heavy atom. The van der Waals surface area contributed by atoms with Gasteiger partial charge < -0.3 is 16.0 Å². The molecule has 0 saturated carbocycles. The summed E-state index contributed by atoms with van der Waals surface area (Å²) in [5.74, 6) is -1.63. The highest BCUT2D eigenvalue weighted by molar-refractivity contribution is 8.00. The maximum atomic E-state index is 13.3. The molecule has 6 nitrogen and oxygen atoms in total. The zero-order valence-electron chi connectivity index (χ0n) is 22.3. The molecule has 214 valence electrons. The Hall–Kier alpha value is -4.83. The second-order valence-corrected chi connectivity index (χ2v) is 10.5. The Labute approximate surface area is 245 Å². The van der Waals surface area contributed by atoms with Crippen LogP contribution in [0.2, 0.25) is 0 Å². The lowest BCUT2D eigenvalue weighted by atomic mass is 10.1. The summed E-state index contributed by atoms with van der Waals surface area (Å²) in [6, 6.07) is 28.9. The van der Waals surface area contributed by atoms with E-state index in [0.29, 0.717) is 21.7 Å². The normalized spacial score (nSPS) is 12.2. The fraction of sp³-hybridized carbons (Fsp3) is 0.0938. The molecule has 0 aromatic heterocycles. The average molecular weight is 590 g/mol. The Kier molecular flexibility index (Phi) is 9.82. The summed E-state index contributed by atoms with van der Waals surface area (Å²) in [6.45, 7) is 1.57. The Balaban J connectivity index is 1.47. The van der Waals surface area contributed by atoms with Gasteiger partial charge in [-0.25, -0.2) is 0 Å². The molecule has 0 aliphatic carbocycles. The van der Waals surface area contributed by atoms with E-state index in [2.05, 4.69) is 16.0 Å². The summed E-state index contributed by atoms with van der Waals surface area (Å²) >= 11 is 1.12. The molecule has 0 spiro atoms. The van der Waals surface area contributed by atoms with Crippen molar-refractivity contribution in [3.8, 4) is 0 Å². The van der Waals surface area contributed by atoms with Crippen molar-refractivity contribution in [2.75, 3.05) is 10.6 Å². The van der Waals surface area contributed by atoms with Gasteiger partial charge in [0.15, 0.2) is 0 Å². The van der Waals surface area contributed by atoms with Crippen LogP contribution in [0.5, 0.6) is 0 Å². The SMILES string of the molecule is CC(Sc1cccc(NC(=O)/C(=C/c2ccccc2)NC(=O)c2ccccc2)c1)C(=O)Nc1ccccc1C(F)(F)F. The summed E-state index contributed by atoms with van der Waals surface area (Å²) in [6.07, 6.45) is -3.05. The molecule has 0 radical (unpaired) electrons. The van der Waals surface area contributed by atoms with Crippen LogP contribution in [-0.2, 0) is 15.8 Å². The van der Waals surface area contributed by atoms with Crippen LogP contribution in [0.3, 0.4) is 0 Å². The summed E-state index contributed by atoms with van der Waals surface area (Å²) in [4.78, 5) is 39.4. The highest BCUT2D eigenvalue weighted by Gasteiger charge is 2.34. The van der Waals surface area contributed by atoms with Gasteiger partial charge in [-0.3, -0.25) is 14.4 Å². The van der Waals surface area contributed by atoms with Gasteiger partial charge in [-0.2, -0.15) is 13.2 Å². The number of thioether (sulfide) groups is 1. The van der Waals surface area contributed by atoms with Crippen molar-refractivity contribution in [1.29, 1.82) is 0 Å². The number of hydrogen-bond acceptors (Lipinski definition) is 4. The zero-order valence-corrected chi connectivity index (χ0v) is 23.1. The van der Waals surface area contributed by atoms with Crippen LogP contribution in [0.1, 0.15) is 28.4 Å². The molecular weight excluding hydrogens is 563 g/mol. The number of carbonyl (C=O) groups excluding carboxylic acids is 3. The standard InChI is InChI=1S/C32H26F3N3O3S/c1-21(29(39)37-27-18-9-8-17-26(27)32(33,34)35)42-25-16-10-15-24(20-25)36-31(41)28(19-22-11-4-2-5-12-22)38-30(40)23-13-6-3-7-14-23/h2-21H,1H3,(H,36,41)(H,37,39)(H,38,40)/b28-19-. The molecule has 4 rings (SSSR count). The van der Waals surface area contributed by atoms with E-state index < -0.39 is 34.7 Å². The number of anilines is 2. The molecule has 0 aliphatic heterocycles. The van der Waals surface area contributed by atoms with E-state index in [0.717, 1.165) is 17.8 Å². The van der Waals surface area contributed by atoms with Crippen molar-refractivity contribution in [3.05, 3.63) is 132 Å². The van der Waals surface area contributed by atoms with Crippen LogP contribution in [0.25, 0.3) is 6.08 Å². The Morgan fingerprint density at radius 2 is 1.43 bits per heavy atom. The molecule has 0 saturated heterocycles. The third-order valence-corrected chi connectivity index (χ3v) is 7.00. The molecule has 0 aliphatic rings. The van der Waals surface area contributed by atoms with Gasteiger partial charge in [0.05, 0.1) is 16.5 Å². The van der Waals surface area contributed by atoms with Gasteiger partial charge >= 0.3 is 6.18 Å². The lowest BCUT2D eigenvalue weighted by Crippen LogP contribution is -2.30. The van der Waals surface area contributed by atoms with E-state index in [9.17, 15) is 27.6 Å². The molecule has 1 atom stereocenters. The number of hydrogen-bond donors (Lipinski definition) is 3. The van der Waals surface area contributed by atoms with Gasteiger partial charge in [0.2, 0.25) is 5.91 Å². The molecular formula is C32H26F3N3O3S. The van der Waals surface area contributed by atoms with E-state index in [4.69, 9.17) is 0 Å². The van der Waals surface area contributed by atoms with Gasteiger partial charge in [-0.05, 0) is 61.0 Å². The van der Waals surface area contributed by atoms with Gasteiger partial charge in [-0.15, -0.1) is 11.8 Å². The fourth-order valence-electron chi connectivity index (χ4n) is 3.84. The van der Waals surface area contributed by atoms with Crippen LogP contribution in [0, 0.1) is 0 Å². The number of amides is 3. The van der Waals surface area contributed by atoms with E-state index in [1.807, 2.05) is 6.07 Å². The summed E-state index contributed by atoms with van der Waals surface area (Å²) in [5.41, 5.74) is 0.245.